The quantitative estimate of drug-likeness (QED) is 0.0285. The molecular formula is C61H125N19O9. The van der Waals surface area contributed by atoms with Crippen LogP contribution in [0.4, 0.5) is 0 Å². The van der Waals surface area contributed by atoms with Crippen LogP contribution in [0.5, 0.6) is 0 Å². The molecule has 0 aliphatic heterocycles. The zero-order valence-corrected chi connectivity index (χ0v) is 54.9. The molecule has 28 nitrogen and oxygen atoms in total. The highest BCUT2D eigenvalue weighted by atomic mass is 16.2. The van der Waals surface area contributed by atoms with Crippen molar-refractivity contribution in [1.82, 2.24) is 67.0 Å². The van der Waals surface area contributed by atoms with E-state index in [2.05, 4.69) is 59.3 Å². The first-order chi connectivity index (χ1) is 43.1. The third-order valence-electron chi connectivity index (χ3n) is 15.0. The molecule has 0 saturated heterocycles. The van der Waals surface area contributed by atoms with Gasteiger partial charge in [-0.25, -0.2) is 0 Å². The second kappa shape index (κ2) is 60.4. The fourth-order valence-electron chi connectivity index (χ4n) is 9.64. The van der Waals surface area contributed by atoms with Crippen LogP contribution in [0.25, 0.3) is 0 Å². The molecule has 9 amide bonds. The Bertz CT molecular complexity index is 1790. The highest BCUT2D eigenvalue weighted by Gasteiger charge is 2.21. The van der Waals surface area contributed by atoms with Gasteiger partial charge in [-0.1, -0.05) is 90.4 Å². The molecule has 20 N–H and O–H groups in total. The highest BCUT2D eigenvalue weighted by molar-refractivity contribution is 5.81. The Morgan fingerprint density at radius 1 is 0.236 bits per heavy atom. The van der Waals surface area contributed by atoms with Gasteiger partial charge in [0.2, 0.25) is 53.2 Å². The van der Waals surface area contributed by atoms with E-state index < -0.39 is 0 Å². The minimum Gasteiger partial charge on any atom is -0.355 e. The van der Waals surface area contributed by atoms with Crippen molar-refractivity contribution in [1.29, 1.82) is 0 Å². The van der Waals surface area contributed by atoms with Gasteiger partial charge in [0.1, 0.15) is 0 Å². The lowest BCUT2D eigenvalue weighted by Gasteiger charge is -2.29. The van der Waals surface area contributed by atoms with E-state index in [1.165, 1.54) is 75.5 Å². The van der Waals surface area contributed by atoms with E-state index in [0.717, 1.165) is 25.8 Å². The first-order valence-corrected chi connectivity index (χ1v) is 33.7. The molecule has 0 fully saturated rings. The Labute approximate surface area is 533 Å². The molecule has 0 unspecified atom stereocenters. The molecule has 0 aliphatic carbocycles. The van der Waals surface area contributed by atoms with E-state index in [4.69, 9.17) is 34.4 Å². The molecule has 0 radical (unpaired) electrons. The third-order valence-corrected chi connectivity index (χ3v) is 15.0. The molecule has 89 heavy (non-hydrogen) atoms. The highest BCUT2D eigenvalue weighted by Crippen LogP contribution is 2.14. The number of hydrogen-bond acceptors (Lipinski definition) is 19. The zero-order chi connectivity index (χ0) is 65.8. The lowest BCUT2D eigenvalue weighted by Crippen LogP contribution is -2.43. The minimum absolute atomic E-state index is 0.0170. The molecule has 0 bridgehead atoms. The Balaban J connectivity index is 6.45. The summed E-state index contributed by atoms with van der Waals surface area (Å²) in [6.45, 7) is 11.8. The molecule has 0 spiro atoms. The Morgan fingerprint density at radius 2 is 0.449 bits per heavy atom. The smallest absolute Gasteiger partial charge is 0.223 e. The monoisotopic (exact) mass is 1270 g/mol. The lowest BCUT2D eigenvalue weighted by atomic mass is 10.0. The van der Waals surface area contributed by atoms with E-state index in [1.54, 1.807) is 0 Å². The minimum atomic E-state index is -0.271. The number of unbranched alkanes of at least 4 members (excludes halogenated alkanes) is 13. The van der Waals surface area contributed by atoms with Gasteiger partial charge in [-0.05, 0) is 13.0 Å². The average molecular weight is 1270 g/mol. The van der Waals surface area contributed by atoms with Crippen LogP contribution in [0.1, 0.15) is 155 Å². The Hall–Kier alpha value is -5.17. The van der Waals surface area contributed by atoms with E-state index in [1.807, 2.05) is 9.80 Å². The lowest BCUT2D eigenvalue weighted by molar-refractivity contribution is -0.133. The van der Waals surface area contributed by atoms with Gasteiger partial charge >= 0.3 is 0 Å². The van der Waals surface area contributed by atoms with Gasteiger partial charge in [0.15, 0.2) is 0 Å². The Morgan fingerprint density at radius 3 is 0.719 bits per heavy atom. The van der Waals surface area contributed by atoms with Crippen molar-refractivity contribution in [3.8, 4) is 0 Å². The van der Waals surface area contributed by atoms with Gasteiger partial charge in [0, 0.05) is 234 Å². The van der Waals surface area contributed by atoms with Crippen LogP contribution in [-0.4, -0.2) is 261 Å². The molecule has 518 valence electrons. The van der Waals surface area contributed by atoms with Gasteiger partial charge in [-0.3, -0.25) is 43.2 Å². The molecule has 0 aromatic carbocycles. The molecule has 0 atom stereocenters. The normalized spacial score (nSPS) is 11.3. The molecule has 0 aromatic rings. The first kappa shape index (κ1) is 83.8. The van der Waals surface area contributed by atoms with Crippen molar-refractivity contribution in [2.75, 3.05) is 183 Å². The molecule has 0 aromatic heterocycles. The van der Waals surface area contributed by atoms with Gasteiger partial charge < -0.3 is 101 Å². The topological polar surface area (TPSA) is 422 Å². The fourth-order valence-corrected chi connectivity index (χ4v) is 9.64. The maximum Gasteiger partial charge on any atom is 0.223 e. The van der Waals surface area contributed by atoms with Gasteiger partial charge in [0.25, 0.3) is 0 Å². The summed E-state index contributed by atoms with van der Waals surface area (Å²) in [5.74, 6) is -1.81. The second-order valence-corrected chi connectivity index (χ2v) is 22.6. The SMILES string of the molecule is CCCCCCCCCCCCCCCCN(CCC(=O)NCCN(CCC(=O)NCCN)CCC(=O)NCCN)CCN(CCC(=O)NCCN(CCC(=O)NCCN)CCC(=O)NCCN)CCC(=O)N(CCC(=O)NCCN)CCC(=O)NCCN. The predicted octanol–water partition coefficient (Wildman–Crippen LogP) is -2.30. The summed E-state index contributed by atoms with van der Waals surface area (Å²) in [4.78, 5) is 126. The number of nitrogens with zero attached hydrogens (tertiary/aromatic N) is 5. The average Bonchev–Trinajstić information content (AvgIpc) is 3.70. The molecule has 0 aliphatic rings. The van der Waals surface area contributed by atoms with Crippen LogP contribution in [0.15, 0.2) is 0 Å². The fraction of sp³-hybridized carbons (Fsp3) is 0.852. The third kappa shape index (κ3) is 53.2. The number of carbonyl (C=O) groups is 9. The summed E-state index contributed by atoms with van der Waals surface area (Å²) in [6.07, 6.45) is 18.3. The van der Waals surface area contributed by atoms with Crippen molar-refractivity contribution in [3.63, 3.8) is 0 Å². The van der Waals surface area contributed by atoms with Crippen molar-refractivity contribution < 1.29 is 43.2 Å². The van der Waals surface area contributed by atoms with Crippen molar-refractivity contribution in [2.24, 2.45) is 34.4 Å². The standard InChI is InChI=1S/C61H125N19O9/c1-2-3-4-5-6-7-8-9-10-11-12-13-14-15-39-76(40-16-57(85)74-37-49-77(41-17-53(81)68-31-25-62)42-18-54(82)69-32-26-63)51-52-79(46-24-61(89)80(47-22-59(87)72-35-29-66)48-23-60(88)73-36-30-67)45-21-58(86)75-38-50-78(43-19-55(83)70-33-27-64)44-20-56(84)71-34-28-65/h2-52,62-67H2,1H3,(H,68,81)(H,69,82)(H,70,83)(H,71,84)(H,72,87)(H,73,88)(H,74,85)(H,75,86). The first-order valence-electron chi connectivity index (χ1n) is 33.7. The number of carbonyl (C=O) groups excluding carboxylic acids is 9. The number of nitrogens with two attached hydrogens (primary N) is 6. The van der Waals surface area contributed by atoms with Crippen LogP contribution in [-0.2, 0) is 43.2 Å². The van der Waals surface area contributed by atoms with Crippen LogP contribution < -0.4 is 76.9 Å². The number of nitrogens with one attached hydrogen (secondary N) is 8. The number of amides is 9. The molecule has 28 heteroatoms. The number of rotatable bonds is 63. The molecule has 0 saturated carbocycles. The summed E-state index contributed by atoms with van der Waals surface area (Å²) in [6, 6.07) is 0. The summed E-state index contributed by atoms with van der Waals surface area (Å²) in [5, 5.41) is 22.6. The summed E-state index contributed by atoms with van der Waals surface area (Å²) >= 11 is 0. The Kier molecular flexibility index (Phi) is 56.9. The van der Waals surface area contributed by atoms with Gasteiger partial charge in [0.05, 0.1) is 0 Å². The number of hydrogen-bond donors (Lipinski definition) is 14. The van der Waals surface area contributed by atoms with Crippen LogP contribution in [0.2, 0.25) is 0 Å². The summed E-state index contributed by atoms with van der Waals surface area (Å²) < 4.78 is 0. The molecular weight excluding hydrogens is 1140 g/mol. The van der Waals surface area contributed by atoms with E-state index >= 15 is 0 Å². The predicted molar refractivity (Wildman–Crippen MR) is 353 cm³/mol. The maximum atomic E-state index is 14.1. The maximum absolute atomic E-state index is 14.1. The van der Waals surface area contributed by atoms with Crippen molar-refractivity contribution in [2.45, 2.75) is 155 Å². The van der Waals surface area contributed by atoms with Crippen LogP contribution >= 0.6 is 0 Å². The summed E-state index contributed by atoms with van der Waals surface area (Å²) in [7, 11) is 0. The molecule has 0 rings (SSSR count). The van der Waals surface area contributed by atoms with Crippen molar-refractivity contribution in [3.05, 3.63) is 0 Å². The van der Waals surface area contributed by atoms with Crippen molar-refractivity contribution >= 4 is 53.2 Å². The van der Waals surface area contributed by atoms with E-state index in [-0.39, 0.29) is 163 Å². The van der Waals surface area contributed by atoms with E-state index in [9.17, 15) is 43.2 Å². The van der Waals surface area contributed by atoms with Crippen LogP contribution in [0.3, 0.4) is 0 Å². The van der Waals surface area contributed by atoms with Gasteiger partial charge in [-0.2, -0.15) is 0 Å². The largest absolute Gasteiger partial charge is 0.355 e. The van der Waals surface area contributed by atoms with E-state index in [0.29, 0.717) is 124 Å². The second-order valence-electron chi connectivity index (χ2n) is 22.6. The van der Waals surface area contributed by atoms with Crippen LogP contribution in [0, 0.1) is 0 Å². The molecule has 0 heterocycles. The zero-order valence-electron chi connectivity index (χ0n) is 54.9. The summed E-state index contributed by atoms with van der Waals surface area (Å²) in [5.41, 5.74) is 33.5. The van der Waals surface area contributed by atoms with Gasteiger partial charge in [-0.15, -0.1) is 0 Å².